The number of carbonyl (C=O) groups excluding carboxylic acids is 2. The van der Waals surface area contributed by atoms with Crippen molar-refractivity contribution in [1.82, 2.24) is 9.62 Å². The molecule has 0 saturated carbocycles. The predicted molar refractivity (Wildman–Crippen MR) is 118 cm³/mol. The van der Waals surface area contributed by atoms with E-state index >= 15 is 0 Å². The van der Waals surface area contributed by atoms with E-state index in [9.17, 15) is 18.0 Å². The lowest BCUT2D eigenvalue weighted by molar-refractivity contribution is -0.124. The Hall–Kier alpha value is -3.23. The zero-order chi connectivity index (χ0) is 22.6. The first-order chi connectivity index (χ1) is 14.7. The van der Waals surface area contributed by atoms with Gasteiger partial charge in [0.1, 0.15) is 0 Å². The number of carbonyl (C=O) groups is 2. The lowest BCUT2D eigenvalue weighted by atomic mass is 10.00. The van der Waals surface area contributed by atoms with Crippen LogP contribution in [0.5, 0.6) is 0 Å². The van der Waals surface area contributed by atoms with Gasteiger partial charge in [-0.15, -0.1) is 0 Å². The van der Waals surface area contributed by atoms with Crippen LogP contribution in [0.15, 0.2) is 71.6 Å². The van der Waals surface area contributed by atoms with E-state index < -0.39 is 28.5 Å². The lowest BCUT2D eigenvalue weighted by Gasteiger charge is -2.16. The minimum atomic E-state index is -3.58. The van der Waals surface area contributed by atoms with Crippen molar-refractivity contribution in [3.05, 3.63) is 77.9 Å². The molecule has 0 aliphatic carbocycles. The van der Waals surface area contributed by atoms with Crippen molar-refractivity contribution >= 4 is 32.7 Å². The molecule has 0 aromatic heterocycles. The Balaban J connectivity index is 1.60. The highest BCUT2D eigenvalue weighted by atomic mass is 32.2. The SMILES string of the molecule is CC(NC(=O)COC(=O)c1ccc(S(=O)(=O)N(C)C)cc1)c1cccc2ccccc12. The van der Waals surface area contributed by atoms with Gasteiger partial charge in [-0.05, 0) is 47.5 Å². The summed E-state index contributed by atoms with van der Waals surface area (Å²) in [6, 6.07) is 18.9. The van der Waals surface area contributed by atoms with Gasteiger partial charge in [-0.25, -0.2) is 17.5 Å². The predicted octanol–water partition coefficient (Wildman–Crippen LogP) is 3.12. The molecule has 7 nitrogen and oxygen atoms in total. The lowest BCUT2D eigenvalue weighted by Crippen LogP contribution is -2.31. The minimum Gasteiger partial charge on any atom is -0.452 e. The molecule has 162 valence electrons. The highest BCUT2D eigenvalue weighted by Gasteiger charge is 2.19. The number of ether oxygens (including phenoxy) is 1. The van der Waals surface area contributed by atoms with Gasteiger partial charge in [-0.3, -0.25) is 4.79 Å². The summed E-state index contributed by atoms with van der Waals surface area (Å²) in [6.07, 6.45) is 0. The van der Waals surface area contributed by atoms with E-state index in [1.54, 1.807) is 0 Å². The highest BCUT2D eigenvalue weighted by molar-refractivity contribution is 7.89. The van der Waals surface area contributed by atoms with Gasteiger partial charge in [0.15, 0.2) is 6.61 Å². The first kappa shape index (κ1) is 22.5. The molecule has 0 radical (unpaired) electrons. The van der Waals surface area contributed by atoms with E-state index in [2.05, 4.69) is 5.32 Å². The number of hydrogen-bond donors (Lipinski definition) is 1. The smallest absolute Gasteiger partial charge is 0.338 e. The maximum atomic E-state index is 12.3. The number of benzene rings is 3. The van der Waals surface area contributed by atoms with Crippen molar-refractivity contribution < 1.29 is 22.7 Å². The van der Waals surface area contributed by atoms with Crippen LogP contribution < -0.4 is 5.32 Å². The highest BCUT2D eigenvalue weighted by Crippen LogP contribution is 2.24. The maximum Gasteiger partial charge on any atom is 0.338 e. The van der Waals surface area contributed by atoms with Gasteiger partial charge in [0.25, 0.3) is 5.91 Å². The molecule has 3 aromatic rings. The zero-order valence-corrected chi connectivity index (χ0v) is 18.3. The van der Waals surface area contributed by atoms with E-state index in [0.29, 0.717) is 0 Å². The number of rotatable bonds is 7. The van der Waals surface area contributed by atoms with Gasteiger partial charge >= 0.3 is 5.97 Å². The molecule has 3 aromatic carbocycles. The third-order valence-electron chi connectivity index (χ3n) is 4.87. The van der Waals surface area contributed by atoms with E-state index in [-0.39, 0.29) is 16.5 Å². The summed E-state index contributed by atoms with van der Waals surface area (Å²) in [5, 5.41) is 4.96. The van der Waals surface area contributed by atoms with Crippen molar-refractivity contribution in [2.45, 2.75) is 17.9 Å². The van der Waals surface area contributed by atoms with E-state index in [0.717, 1.165) is 20.6 Å². The van der Waals surface area contributed by atoms with Gasteiger partial charge in [0, 0.05) is 14.1 Å². The largest absolute Gasteiger partial charge is 0.452 e. The van der Waals surface area contributed by atoms with Crippen LogP contribution in [-0.4, -0.2) is 45.3 Å². The minimum absolute atomic E-state index is 0.0655. The molecule has 0 aliphatic rings. The fourth-order valence-corrected chi connectivity index (χ4v) is 4.08. The third-order valence-corrected chi connectivity index (χ3v) is 6.70. The third kappa shape index (κ3) is 5.10. The van der Waals surface area contributed by atoms with Crippen LogP contribution in [0.4, 0.5) is 0 Å². The molecule has 0 fully saturated rings. The molecule has 8 heteroatoms. The first-order valence-electron chi connectivity index (χ1n) is 9.67. The molecule has 0 heterocycles. The summed E-state index contributed by atoms with van der Waals surface area (Å²) < 4.78 is 30.3. The molecule has 1 unspecified atom stereocenters. The van der Waals surface area contributed by atoms with Gasteiger partial charge in [0.05, 0.1) is 16.5 Å². The van der Waals surface area contributed by atoms with Crippen LogP contribution in [0.1, 0.15) is 28.9 Å². The average molecular weight is 441 g/mol. The second-order valence-electron chi connectivity index (χ2n) is 7.25. The Morgan fingerprint density at radius 1 is 0.968 bits per heavy atom. The Morgan fingerprint density at radius 3 is 2.29 bits per heavy atom. The quantitative estimate of drug-likeness (QED) is 0.570. The molecule has 1 amide bonds. The molecule has 0 aliphatic heterocycles. The van der Waals surface area contributed by atoms with Crippen LogP contribution in [0, 0.1) is 0 Å². The molecule has 1 atom stereocenters. The second kappa shape index (κ2) is 9.28. The molecular formula is C23H24N2O5S. The topological polar surface area (TPSA) is 92.8 Å². The number of hydrogen-bond acceptors (Lipinski definition) is 5. The van der Waals surface area contributed by atoms with E-state index in [1.165, 1.54) is 38.4 Å². The van der Waals surface area contributed by atoms with Crippen molar-refractivity contribution in [2.75, 3.05) is 20.7 Å². The Kier molecular flexibility index (Phi) is 6.72. The fourth-order valence-electron chi connectivity index (χ4n) is 3.18. The molecular weight excluding hydrogens is 416 g/mol. The van der Waals surface area contributed by atoms with Gasteiger partial charge < -0.3 is 10.1 Å². The maximum absolute atomic E-state index is 12.3. The second-order valence-corrected chi connectivity index (χ2v) is 9.40. The van der Waals surface area contributed by atoms with Gasteiger partial charge in [-0.2, -0.15) is 0 Å². The first-order valence-corrected chi connectivity index (χ1v) is 11.1. The number of amides is 1. The molecule has 1 N–H and O–H groups in total. The van der Waals surface area contributed by atoms with Crippen molar-refractivity contribution in [2.24, 2.45) is 0 Å². The Morgan fingerprint density at radius 2 is 1.61 bits per heavy atom. The van der Waals surface area contributed by atoms with E-state index in [1.807, 2.05) is 49.4 Å². The van der Waals surface area contributed by atoms with Crippen molar-refractivity contribution in [1.29, 1.82) is 0 Å². The summed E-state index contributed by atoms with van der Waals surface area (Å²) in [6.45, 7) is 1.43. The Labute approximate surface area is 181 Å². The average Bonchev–Trinajstić information content (AvgIpc) is 2.77. The molecule has 3 rings (SSSR count). The van der Waals surface area contributed by atoms with Gasteiger partial charge in [-0.1, -0.05) is 42.5 Å². The molecule has 31 heavy (non-hydrogen) atoms. The summed E-state index contributed by atoms with van der Waals surface area (Å²) in [5.41, 5.74) is 1.13. The Bertz CT molecular complexity index is 1200. The number of fused-ring (bicyclic) bond motifs is 1. The van der Waals surface area contributed by atoms with Crippen molar-refractivity contribution in [3.8, 4) is 0 Å². The van der Waals surface area contributed by atoms with Crippen LogP contribution in [0.2, 0.25) is 0 Å². The number of sulfonamides is 1. The number of nitrogens with one attached hydrogen (secondary N) is 1. The zero-order valence-electron chi connectivity index (χ0n) is 17.5. The molecule has 0 bridgehead atoms. The van der Waals surface area contributed by atoms with Crippen LogP contribution >= 0.6 is 0 Å². The molecule has 0 spiro atoms. The standard InChI is InChI=1S/C23H24N2O5S/c1-16(20-10-6-8-17-7-4-5-9-21(17)20)24-22(26)15-30-23(27)18-11-13-19(14-12-18)31(28,29)25(2)3/h4-14,16H,15H2,1-3H3,(H,24,26). The molecule has 0 saturated heterocycles. The number of nitrogens with zero attached hydrogens (tertiary/aromatic N) is 1. The van der Waals surface area contributed by atoms with Gasteiger partial charge in [0.2, 0.25) is 10.0 Å². The number of esters is 1. The van der Waals surface area contributed by atoms with Crippen LogP contribution in [0.3, 0.4) is 0 Å². The normalized spacial score (nSPS) is 12.5. The monoisotopic (exact) mass is 440 g/mol. The fraction of sp³-hybridized carbons (Fsp3) is 0.217. The summed E-state index contributed by atoms with van der Waals surface area (Å²) in [7, 11) is -0.732. The summed E-state index contributed by atoms with van der Waals surface area (Å²) >= 11 is 0. The van der Waals surface area contributed by atoms with Crippen LogP contribution in [0.25, 0.3) is 10.8 Å². The van der Waals surface area contributed by atoms with E-state index in [4.69, 9.17) is 4.74 Å². The summed E-state index contributed by atoms with van der Waals surface area (Å²) in [4.78, 5) is 24.6. The van der Waals surface area contributed by atoms with Crippen LogP contribution in [-0.2, 0) is 19.6 Å². The van der Waals surface area contributed by atoms with Crippen molar-refractivity contribution in [3.63, 3.8) is 0 Å². The summed E-state index contributed by atoms with van der Waals surface area (Å²) in [5.74, 6) is -1.14.